The molecule has 0 aromatic heterocycles. The molecule has 0 N–H and O–H groups in total. The summed E-state index contributed by atoms with van der Waals surface area (Å²) in [6, 6.07) is 2.26. The zero-order valence-electron chi connectivity index (χ0n) is 8.17. The van der Waals surface area contributed by atoms with Crippen LogP contribution in [0.25, 0.3) is 0 Å². The van der Waals surface area contributed by atoms with Crippen LogP contribution in [0.15, 0.2) is 11.6 Å². The summed E-state index contributed by atoms with van der Waals surface area (Å²) in [5.41, 5.74) is 1.50. The number of hydrogen-bond acceptors (Lipinski definition) is 1. The Morgan fingerprint density at radius 2 is 2.42 bits per heavy atom. The van der Waals surface area contributed by atoms with E-state index in [9.17, 15) is 0 Å². The third-order valence-electron chi connectivity index (χ3n) is 3.22. The van der Waals surface area contributed by atoms with Gasteiger partial charge in [0, 0.05) is 6.42 Å². The van der Waals surface area contributed by atoms with Gasteiger partial charge in [-0.25, -0.2) is 0 Å². The first-order valence-electron chi connectivity index (χ1n) is 4.70. The van der Waals surface area contributed by atoms with Gasteiger partial charge in [0.25, 0.3) is 0 Å². The minimum absolute atomic E-state index is 0.554. The highest BCUT2D eigenvalue weighted by Crippen LogP contribution is 2.37. The number of nitrogens with zero attached hydrogens (tertiary/aromatic N) is 1. The summed E-state index contributed by atoms with van der Waals surface area (Å²) in [6.45, 7) is 6.66. The van der Waals surface area contributed by atoms with Crippen molar-refractivity contribution in [1.82, 2.24) is 0 Å². The molecule has 12 heavy (non-hydrogen) atoms. The topological polar surface area (TPSA) is 23.8 Å². The highest BCUT2D eigenvalue weighted by Gasteiger charge is 2.27. The maximum atomic E-state index is 8.58. The molecule has 0 saturated heterocycles. The number of hydrogen-bond donors (Lipinski definition) is 0. The highest BCUT2D eigenvalue weighted by atomic mass is 14.3. The molecule has 1 nitrogen and oxygen atoms in total. The Morgan fingerprint density at radius 1 is 1.75 bits per heavy atom. The number of nitriles is 1. The fourth-order valence-electron chi connectivity index (χ4n) is 2.07. The van der Waals surface area contributed by atoms with E-state index in [1.807, 2.05) is 0 Å². The summed E-state index contributed by atoms with van der Waals surface area (Å²) >= 11 is 0. The van der Waals surface area contributed by atoms with E-state index in [0.29, 0.717) is 24.2 Å². The van der Waals surface area contributed by atoms with Crippen LogP contribution >= 0.6 is 0 Å². The van der Waals surface area contributed by atoms with E-state index < -0.39 is 0 Å². The number of allylic oxidation sites excluding steroid dienone is 2. The minimum atomic E-state index is 0.554. The second-order valence-corrected chi connectivity index (χ2v) is 3.98. The van der Waals surface area contributed by atoms with E-state index in [1.165, 1.54) is 12.0 Å². The zero-order valence-corrected chi connectivity index (χ0v) is 8.17. The fraction of sp³-hybridized carbons (Fsp3) is 0.727. The molecule has 0 aliphatic heterocycles. The molecule has 66 valence electrons. The second-order valence-electron chi connectivity index (χ2n) is 3.98. The summed E-state index contributed by atoms with van der Waals surface area (Å²) in [5.74, 6) is 1.96. The lowest BCUT2D eigenvalue weighted by Gasteiger charge is -2.22. The summed E-state index contributed by atoms with van der Waals surface area (Å²) in [7, 11) is 0. The Hall–Kier alpha value is -0.770. The average molecular weight is 163 g/mol. The molecule has 0 amide bonds. The summed E-state index contributed by atoms with van der Waals surface area (Å²) < 4.78 is 0. The van der Waals surface area contributed by atoms with Crippen molar-refractivity contribution in [2.45, 2.75) is 33.6 Å². The van der Waals surface area contributed by atoms with Gasteiger partial charge in [0.05, 0.1) is 6.07 Å². The van der Waals surface area contributed by atoms with Gasteiger partial charge < -0.3 is 0 Å². The Labute approximate surface area is 75.1 Å². The standard InChI is InChI=1S/C11H17N/c1-8-4-5-11(10(8)3)9(2)6-7-12/h4,9-11H,5-6H2,1-3H3. The molecule has 3 unspecified atom stereocenters. The van der Waals surface area contributed by atoms with Gasteiger partial charge in [-0.2, -0.15) is 5.26 Å². The Balaban J connectivity index is 2.52. The van der Waals surface area contributed by atoms with Crippen molar-refractivity contribution in [2.75, 3.05) is 0 Å². The summed E-state index contributed by atoms with van der Waals surface area (Å²) in [4.78, 5) is 0. The van der Waals surface area contributed by atoms with Crippen molar-refractivity contribution < 1.29 is 0 Å². The molecule has 0 spiro atoms. The average Bonchev–Trinajstić information content (AvgIpc) is 2.34. The molecule has 0 bridgehead atoms. The van der Waals surface area contributed by atoms with Crippen LogP contribution in [0.1, 0.15) is 33.6 Å². The molecule has 0 heterocycles. The third kappa shape index (κ3) is 1.69. The van der Waals surface area contributed by atoms with Gasteiger partial charge in [-0.1, -0.05) is 25.5 Å². The predicted molar refractivity (Wildman–Crippen MR) is 50.4 cm³/mol. The molecule has 1 heteroatoms. The molecule has 0 saturated carbocycles. The molecular formula is C11H17N. The van der Waals surface area contributed by atoms with E-state index in [2.05, 4.69) is 32.9 Å². The molecule has 1 rings (SSSR count). The SMILES string of the molecule is CC1=CCC(C(C)CC#N)C1C. The van der Waals surface area contributed by atoms with Gasteiger partial charge >= 0.3 is 0 Å². The van der Waals surface area contributed by atoms with Crippen molar-refractivity contribution in [3.05, 3.63) is 11.6 Å². The van der Waals surface area contributed by atoms with Crippen LogP contribution in [-0.2, 0) is 0 Å². The molecule has 1 aliphatic rings. The van der Waals surface area contributed by atoms with Crippen LogP contribution < -0.4 is 0 Å². The van der Waals surface area contributed by atoms with Crippen LogP contribution in [0.4, 0.5) is 0 Å². The largest absolute Gasteiger partial charge is 0.198 e. The van der Waals surface area contributed by atoms with Gasteiger partial charge in [-0.05, 0) is 31.1 Å². The zero-order chi connectivity index (χ0) is 9.14. The van der Waals surface area contributed by atoms with Gasteiger partial charge in [-0.15, -0.1) is 0 Å². The Kier molecular flexibility index (Phi) is 2.92. The monoisotopic (exact) mass is 163 g/mol. The van der Waals surface area contributed by atoms with Gasteiger partial charge in [0.2, 0.25) is 0 Å². The molecule has 0 radical (unpaired) electrons. The quantitative estimate of drug-likeness (QED) is 0.574. The fourth-order valence-corrected chi connectivity index (χ4v) is 2.07. The van der Waals surface area contributed by atoms with Crippen LogP contribution in [0, 0.1) is 29.1 Å². The van der Waals surface area contributed by atoms with Crippen molar-refractivity contribution >= 4 is 0 Å². The predicted octanol–water partition coefficient (Wildman–Crippen LogP) is 3.14. The smallest absolute Gasteiger partial charge is 0.0624 e. The molecule has 0 fully saturated rings. The van der Waals surface area contributed by atoms with Crippen molar-refractivity contribution in [2.24, 2.45) is 17.8 Å². The van der Waals surface area contributed by atoms with Crippen molar-refractivity contribution in [3.63, 3.8) is 0 Å². The normalized spacial score (nSPS) is 31.0. The molecule has 1 aliphatic carbocycles. The van der Waals surface area contributed by atoms with E-state index in [1.54, 1.807) is 0 Å². The van der Waals surface area contributed by atoms with Gasteiger partial charge in [0.1, 0.15) is 0 Å². The first-order valence-corrected chi connectivity index (χ1v) is 4.70. The van der Waals surface area contributed by atoms with Crippen LogP contribution in [0.2, 0.25) is 0 Å². The van der Waals surface area contributed by atoms with Crippen LogP contribution in [0.5, 0.6) is 0 Å². The lowest BCUT2D eigenvalue weighted by molar-refractivity contribution is 0.310. The van der Waals surface area contributed by atoms with E-state index in [4.69, 9.17) is 5.26 Å². The lowest BCUT2D eigenvalue weighted by Crippen LogP contribution is -2.15. The minimum Gasteiger partial charge on any atom is -0.198 e. The van der Waals surface area contributed by atoms with Crippen LogP contribution in [0.3, 0.4) is 0 Å². The third-order valence-corrected chi connectivity index (χ3v) is 3.22. The van der Waals surface area contributed by atoms with Gasteiger partial charge in [0.15, 0.2) is 0 Å². The Bertz CT molecular complexity index is 222. The molecule has 0 aromatic carbocycles. The molecule has 0 aromatic rings. The van der Waals surface area contributed by atoms with Crippen molar-refractivity contribution in [1.29, 1.82) is 5.26 Å². The maximum absolute atomic E-state index is 8.58. The van der Waals surface area contributed by atoms with E-state index >= 15 is 0 Å². The number of rotatable bonds is 2. The Morgan fingerprint density at radius 3 is 2.83 bits per heavy atom. The lowest BCUT2D eigenvalue weighted by atomic mass is 9.82. The van der Waals surface area contributed by atoms with Crippen molar-refractivity contribution in [3.8, 4) is 6.07 Å². The summed E-state index contributed by atoms with van der Waals surface area (Å²) in [5, 5.41) is 8.58. The summed E-state index contributed by atoms with van der Waals surface area (Å²) in [6.07, 6.45) is 4.20. The second kappa shape index (κ2) is 3.76. The molecular weight excluding hydrogens is 146 g/mol. The van der Waals surface area contributed by atoms with E-state index in [-0.39, 0.29) is 0 Å². The van der Waals surface area contributed by atoms with Crippen LogP contribution in [-0.4, -0.2) is 0 Å². The first-order chi connectivity index (χ1) is 5.66. The van der Waals surface area contributed by atoms with Gasteiger partial charge in [-0.3, -0.25) is 0 Å². The highest BCUT2D eigenvalue weighted by molar-refractivity contribution is 5.12. The molecule has 3 atom stereocenters. The van der Waals surface area contributed by atoms with E-state index in [0.717, 1.165) is 0 Å². The maximum Gasteiger partial charge on any atom is 0.0624 e. The first kappa shape index (κ1) is 9.32.